The van der Waals surface area contributed by atoms with Crippen LogP contribution in [0, 0.1) is 0 Å². The van der Waals surface area contributed by atoms with E-state index in [4.69, 9.17) is 14.2 Å². The largest absolute Gasteiger partial charge is 0.462 e. The highest BCUT2D eigenvalue weighted by molar-refractivity contribution is 5.71. The number of carbonyl (C=O) groups is 3. The fourth-order valence-corrected chi connectivity index (χ4v) is 7.97. The van der Waals surface area contributed by atoms with Crippen molar-refractivity contribution in [1.29, 1.82) is 0 Å². The molecule has 0 saturated carbocycles. The Kier molecular flexibility index (Phi) is 48.3. The molecule has 0 aromatic rings. The van der Waals surface area contributed by atoms with Gasteiger partial charge in [-0.25, -0.2) is 0 Å². The van der Waals surface area contributed by atoms with Crippen LogP contribution in [0.2, 0.25) is 0 Å². The highest BCUT2D eigenvalue weighted by atomic mass is 16.6. The summed E-state index contributed by atoms with van der Waals surface area (Å²) in [6.45, 7) is 6.61. The van der Waals surface area contributed by atoms with E-state index in [-0.39, 0.29) is 31.1 Å². The average molecular weight is 847 g/mol. The summed E-state index contributed by atoms with van der Waals surface area (Å²) < 4.78 is 16.7. The summed E-state index contributed by atoms with van der Waals surface area (Å²) in [5, 5.41) is 0. The molecule has 0 aliphatic heterocycles. The molecule has 0 aliphatic carbocycles. The molecule has 0 rings (SSSR count). The smallest absolute Gasteiger partial charge is 0.306 e. The van der Waals surface area contributed by atoms with Crippen LogP contribution in [0.5, 0.6) is 0 Å². The van der Waals surface area contributed by atoms with Crippen LogP contribution < -0.4 is 0 Å². The summed E-state index contributed by atoms with van der Waals surface area (Å²) in [6, 6.07) is 0. The van der Waals surface area contributed by atoms with Gasteiger partial charge in [0.15, 0.2) is 6.10 Å². The monoisotopic (exact) mass is 847 g/mol. The molecule has 0 fully saturated rings. The molecule has 6 nitrogen and oxygen atoms in total. The maximum atomic E-state index is 12.7. The van der Waals surface area contributed by atoms with Crippen LogP contribution in [0.25, 0.3) is 0 Å². The van der Waals surface area contributed by atoms with Crippen molar-refractivity contribution < 1.29 is 28.6 Å². The lowest BCUT2D eigenvalue weighted by atomic mass is 10.0. The average Bonchev–Trinajstić information content (AvgIpc) is 3.24. The Hall–Kier alpha value is -1.85. The molecule has 60 heavy (non-hydrogen) atoms. The molecule has 0 radical (unpaired) electrons. The summed E-state index contributed by atoms with van der Waals surface area (Å²) in [4.78, 5) is 37.7. The van der Waals surface area contributed by atoms with E-state index in [0.717, 1.165) is 64.2 Å². The minimum Gasteiger partial charge on any atom is -0.462 e. The molecule has 0 aliphatic rings. The van der Waals surface area contributed by atoms with Gasteiger partial charge in [0.05, 0.1) is 0 Å². The summed E-state index contributed by atoms with van der Waals surface area (Å²) in [6.07, 6.45) is 55.1. The number of ether oxygens (including phenoxy) is 3. The predicted octanol–water partition coefficient (Wildman–Crippen LogP) is 17.4. The van der Waals surface area contributed by atoms with Gasteiger partial charge in [-0.2, -0.15) is 0 Å². The molecule has 1 atom stereocenters. The standard InChI is InChI=1S/C54H102O6/c1-4-7-10-13-16-18-20-22-24-25-26-27-28-29-31-32-34-36-38-41-44-47-53(56)59-50-51(49-58-52(55)46-43-40-15-12-9-6-3)60-54(57)48-45-42-39-37-35-33-30-23-21-19-17-14-11-8-5-2/h23,30,51H,4-22,24-29,31-50H2,1-3H3/b30-23-. The minimum absolute atomic E-state index is 0.0689. The van der Waals surface area contributed by atoms with Crippen molar-refractivity contribution in [2.75, 3.05) is 13.2 Å². The fourth-order valence-electron chi connectivity index (χ4n) is 7.97. The van der Waals surface area contributed by atoms with E-state index in [1.807, 2.05) is 0 Å². The molecule has 0 heterocycles. The third-order valence-electron chi connectivity index (χ3n) is 12.0. The Morgan fingerprint density at radius 3 is 0.833 bits per heavy atom. The second kappa shape index (κ2) is 49.8. The molecule has 0 bridgehead atoms. The zero-order valence-electron chi connectivity index (χ0n) is 40.5. The van der Waals surface area contributed by atoms with E-state index in [1.54, 1.807) is 0 Å². The molecular weight excluding hydrogens is 745 g/mol. The molecule has 354 valence electrons. The number of hydrogen-bond acceptors (Lipinski definition) is 6. The summed E-state index contributed by atoms with van der Waals surface area (Å²) in [5.74, 6) is -0.871. The van der Waals surface area contributed by atoms with Crippen LogP contribution in [-0.2, 0) is 28.6 Å². The summed E-state index contributed by atoms with van der Waals surface area (Å²) >= 11 is 0. The first-order chi connectivity index (χ1) is 29.5. The van der Waals surface area contributed by atoms with Crippen LogP contribution in [0.4, 0.5) is 0 Å². The Morgan fingerprint density at radius 2 is 0.550 bits per heavy atom. The summed E-state index contributed by atoms with van der Waals surface area (Å²) in [7, 11) is 0. The number of esters is 3. The first kappa shape index (κ1) is 58.1. The Bertz CT molecular complexity index is 931. The Balaban J connectivity index is 4.12. The topological polar surface area (TPSA) is 78.9 Å². The first-order valence-electron chi connectivity index (χ1n) is 26.7. The van der Waals surface area contributed by atoms with Crippen LogP contribution in [0.1, 0.15) is 297 Å². The molecule has 0 saturated heterocycles. The van der Waals surface area contributed by atoms with Crippen molar-refractivity contribution in [2.24, 2.45) is 0 Å². The molecule has 0 aromatic heterocycles. The van der Waals surface area contributed by atoms with Crippen LogP contribution in [-0.4, -0.2) is 37.2 Å². The molecule has 6 heteroatoms. The van der Waals surface area contributed by atoms with Crippen molar-refractivity contribution in [3.8, 4) is 0 Å². The van der Waals surface area contributed by atoms with Crippen molar-refractivity contribution >= 4 is 17.9 Å². The van der Waals surface area contributed by atoms with Gasteiger partial charge in [0.2, 0.25) is 0 Å². The van der Waals surface area contributed by atoms with Gasteiger partial charge >= 0.3 is 17.9 Å². The Labute approximate surface area is 373 Å². The van der Waals surface area contributed by atoms with Crippen molar-refractivity contribution in [2.45, 2.75) is 303 Å². The van der Waals surface area contributed by atoms with Gasteiger partial charge in [0.1, 0.15) is 13.2 Å². The van der Waals surface area contributed by atoms with Gasteiger partial charge in [-0.3, -0.25) is 14.4 Å². The number of carbonyl (C=O) groups excluding carboxylic acids is 3. The van der Waals surface area contributed by atoms with Gasteiger partial charge in [-0.05, 0) is 44.9 Å². The van der Waals surface area contributed by atoms with E-state index < -0.39 is 6.10 Å². The molecule has 0 aromatic carbocycles. The van der Waals surface area contributed by atoms with Gasteiger partial charge in [0, 0.05) is 19.3 Å². The fraction of sp³-hybridized carbons (Fsp3) is 0.907. The van der Waals surface area contributed by atoms with E-state index in [0.29, 0.717) is 19.3 Å². The zero-order valence-corrected chi connectivity index (χ0v) is 40.5. The highest BCUT2D eigenvalue weighted by Gasteiger charge is 2.19. The lowest BCUT2D eigenvalue weighted by Gasteiger charge is -2.18. The predicted molar refractivity (Wildman–Crippen MR) is 256 cm³/mol. The van der Waals surface area contributed by atoms with Crippen molar-refractivity contribution in [3.05, 3.63) is 12.2 Å². The van der Waals surface area contributed by atoms with Crippen LogP contribution in [0.15, 0.2) is 12.2 Å². The van der Waals surface area contributed by atoms with Crippen LogP contribution >= 0.6 is 0 Å². The van der Waals surface area contributed by atoms with Gasteiger partial charge in [-0.1, -0.05) is 245 Å². The number of allylic oxidation sites excluding steroid dienone is 2. The molecule has 0 N–H and O–H groups in total. The lowest BCUT2D eigenvalue weighted by Crippen LogP contribution is -2.30. The number of rotatable bonds is 49. The summed E-state index contributed by atoms with van der Waals surface area (Å²) in [5.41, 5.74) is 0. The third kappa shape index (κ3) is 47.2. The minimum atomic E-state index is -0.766. The first-order valence-corrected chi connectivity index (χ1v) is 26.7. The van der Waals surface area contributed by atoms with E-state index >= 15 is 0 Å². The highest BCUT2D eigenvalue weighted by Crippen LogP contribution is 2.17. The second-order valence-electron chi connectivity index (χ2n) is 18.2. The molecule has 1 unspecified atom stereocenters. The molecule has 0 amide bonds. The normalized spacial score (nSPS) is 12.0. The Morgan fingerprint density at radius 1 is 0.317 bits per heavy atom. The number of unbranched alkanes of at least 4 members (excludes halogenated alkanes) is 36. The SMILES string of the molecule is CCCCCCCC/C=C\CCCCCCCC(=O)OC(COC(=O)CCCCCCCC)COC(=O)CCCCCCCCCCCCCCCCCCCCCCC. The van der Waals surface area contributed by atoms with Crippen molar-refractivity contribution in [3.63, 3.8) is 0 Å². The lowest BCUT2D eigenvalue weighted by molar-refractivity contribution is -0.167. The maximum absolute atomic E-state index is 12.7. The maximum Gasteiger partial charge on any atom is 0.306 e. The molecular formula is C54H102O6. The van der Waals surface area contributed by atoms with Gasteiger partial charge in [-0.15, -0.1) is 0 Å². The van der Waals surface area contributed by atoms with E-state index in [2.05, 4.69) is 32.9 Å². The zero-order chi connectivity index (χ0) is 43.7. The second-order valence-corrected chi connectivity index (χ2v) is 18.2. The van der Waals surface area contributed by atoms with Gasteiger partial charge in [0.25, 0.3) is 0 Å². The van der Waals surface area contributed by atoms with E-state index in [1.165, 1.54) is 193 Å². The third-order valence-corrected chi connectivity index (χ3v) is 12.0. The van der Waals surface area contributed by atoms with Gasteiger partial charge < -0.3 is 14.2 Å². The van der Waals surface area contributed by atoms with Crippen LogP contribution in [0.3, 0.4) is 0 Å². The molecule has 0 spiro atoms. The van der Waals surface area contributed by atoms with E-state index in [9.17, 15) is 14.4 Å². The quantitative estimate of drug-likeness (QED) is 0.0263. The van der Waals surface area contributed by atoms with Crippen molar-refractivity contribution in [1.82, 2.24) is 0 Å². The number of hydrogen-bond donors (Lipinski definition) is 0.